The second kappa shape index (κ2) is 4.38. The molecule has 76 valence electrons. The van der Waals surface area contributed by atoms with Crippen LogP contribution >= 0.6 is 15.9 Å². The first-order valence-electron chi connectivity index (χ1n) is 4.78. The van der Waals surface area contributed by atoms with E-state index in [0.29, 0.717) is 12.6 Å². The van der Waals surface area contributed by atoms with Crippen LogP contribution in [0.3, 0.4) is 0 Å². The maximum absolute atomic E-state index is 9.75. The fourth-order valence-electron chi connectivity index (χ4n) is 1.25. The second-order valence-corrected chi connectivity index (χ2v) is 4.52. The summed E-state index contributed by atoms with van der Waals surface area (Å²) < 4.78 is 0.934. The largest absolute Gasteiger partial charge is 0.385 e. The number of hydrogen-bond donors (Lipinski definition) is 2. The van der Waals surface area contributed by atoms with Gasteiger partial charge in [0.05, 0.1) is 5.69 Å². The molecule has 3 nitrogen and oxygen atoms in total. The molecule has 0 aromatic carbocycles. The van der Waals surface area contributed by atoms with E-state index < -0.39 is 6.10 Å². The Hall–Kier alpha value is -0.450. The zero-order valence-electron chi connectivity index (χ0n) is 7.78. The van der Waals surface area contributed by atoms with Gasteiger partial charge >= 0.3 is 0 Å². The normalized spacial score (nSPS) is 18.1. The standard InChI is InChI=1S/C10H13BrN2O/c11-7-1-4-9(13-5-7)10(14)6-12-8-2-3-8/h1,4-5,8,10,12,14H,2-3,6H2. The number of halogens is 1. The summed E-state index contributed by atoms with van der Waals surface area (Å²) in [6.45, 7) is 0.597. The van der Waals surface area contributed by atoms with Crippen molar-refractivity contribution < 1.29 is 5.11 Å². The summed E-state index contributed by atoms with van der Waals surface area (Å²) in [5, 5.41) is 13.0. The zero-order valence-corrected chi connectivity index (χ0v) is 9.37. The third-order valence-corrected chi connectivity index (χ3v) is 2.74. The molecule has 2 rings (SSSR count). The van der Waals surface area contributed by atoms with E-state index in [-0.39, 0.29) is 0 Å². The van der Waals surface area contributed by atoms with Crippen LogP contribution in [0.4, 0.5) is 0 Å². The molecule has 2 N–H and O–H groups in total. The molecular formula is C10H13BrN2O. The molecule has 1 fully saturated rings. The Balaban J connectivity index is 1.88. The molecule has 1 atom stereocenters. The first-order chi connectivity index (χ1) is 6.75. The Morgan fingerprint density at radius 3 is 2.93 bits per heavy atom. The van der Waals surface area contributed by atoms with E-state index >= 15 is 0 Å². The third-order valence-electron chi connectivity index (χ3n) is 2.27. The molecule has 1 aliphatic carbocycles. The molecule has 1 aromatic heterocycles. The molecule has 1 heterocycles. The quantitative estimate of drug-likeness (QED) is 0.861. The average molecular weight is 257 g/mol. The van der Waals surface area contributed by atoms with Gasteiger partial charge < -0.3 is 10.4 Å². The summed E-state index contributed by atoms with van der Waals surface area (Å²) in [7, 11) is 0. The molecule has 0 radical (unpaired) electrons. The molecular weight excluding hydrogens is 244 g/mol. The minimum atomic E-state index is -0.497. The van der Waals surface area contributed by atoms with Crippen molar-refractivity contribution in [3.05, 3.63) is 28.5 Å². The maximum atomic E-state index is 9.75. The molecule has 1 aliphatic rings. The lowest BCUT2D eigenvalue weighted by atomic mass is 10.2. The Kier molecular flexibility index (Phi) is 3.15. The summed E-state index contributed by atoms with van der Waals surface area (Å²) in [5.74, 6) is 0. The molecule has 0 aliphatic heterocycles. The van der Waals surface area contributed by atoms with Crippen molar-refractivity contribution in [2.45, 2.75) is 25.0 Å². The Morgan fingerprint density at radius 1 is 1.57 bits per heavy atom. The van der Waals surface area contributed by atoms with Crippen molar-refractivity contribution >= 4 is 15.9 Å². The van der Waals surface area contributed by atoms with E-state index in [9.17, 15) is 5.11 Å². The van der Waals surface area contributed by atoms with Crippen molar-refractivity contribution in [2.75, 3.05) is 6.54 Å². The van der Waals surface area contributed by atoms with Crippen molar-refractivity contribution in [1.29, 1.82) is 0 Å². The smallest absolute Gasteiger partial charge is 0.108 e. The molecule has 1 unspecified atom stereocenters. The molecule has 1 saturated carbocycles. The van der Waals surface area contributed by atoms with Crippen LogP contribution in [0.1, 0.15) is 24.6 Å². The van der Waals surface area contributed by atoms with Gasteiger partial charge in [0.2, 0.25) is 0 Å². The molecule has 14 heavy (non-hydrogen) atoms. The number of aromatic nitrogens is 1. The average Bonchev–Trinajstić information content (AvgIpc) is 2.99. The Morgan fingerprint density at radius 2 is 2.36 bits per heavy atom. The van der Waals surface area contributed by atoms with Crippen LogP contribution < -0.4 is 5.32 Å². The number of hydrogen-bond acceptors (Lipinski definition) is 3. The Labute approximate surface area is 91.7 Å². The van der Waals surface area contributed by atoms with Crippen molar-refractivity contribution in [3.8, 4) is 0 Å². The third kappa shape index (κ3) is 2.77. The monoisotopic (exact) mass is 256 g/mol. The number of nitrogens with one attached hydrogen (secondary N) is 1. The molecule has 0 spiro atoms. The van der Waals surface area contributed by atoms with E-state index in [4.69, 9.17) is 0 Å². The van der Waals surface area contributed by atoms with Gasteiger partial charge in [0.15, 0.2) is 0 Å². The van der Waals surface area contributed by atoms with Crippen LogP contribution in [0.15, 0.2) is 22.8 Å². The van der Waals surface area contributed by atoms with Gasteiger partial charge in [-0.15, -0.1) is 0 Å². The SMILES string of the molecule is OC(CNC1CC1)c1ccc(Br)cn1. The van der Waals surface area contributed by atoms with Crippen molar-refractivity contribution in [2.24, 2.45) is 0 Å². The van der Waals surface area contributed by atoms with Gasteiger partial charge in [0, 0.05) is 23.3 Å². The van der Waals surface area contributed by atoms with Crippen molar-refractivity contribution in [3.63, 3.8) is 0 Å². The van der Waals surface area contributed by atoms with Crippen LogP contribution in [0.25, 0.3) is 0 Å². The van der Waals surface area contributed by atoms with Gasteiger partial charge in [0.25, 0.3) is 0 Å². The lowest BCUT2D eigenvalue weighted by Gasteiger charge is -2.10. The first-order valence-corrected chi connectivity index (χ1v) is 5.58. The highest BCUT2D eigenvalue weighted by Gasteiger charge is 2.21. The molecule has 0 amide bonds. The predicted molar refractivity (Wildman–Crippen MR) is 57.9 cm³/mol. The van der Waals surface area contributed by atoms with Gasteiger partial charge in [-0.25, -0.2) is 0 Å². The number of pyridine rings is 1. The van der Waals surface area contributed by atoms with Crippen LogP contribution in [0.5, 0.6) is 0 Å². The minimum Gasteiger partial charge on any atom is -0.385 e. The van der Waals surface area contributed by atoms with Gasteiger partial charge in [-0.3, -0.25) is 4.98 Å². The van der Waals surface area contributed by atoms with E-state index in [0.717, 1.165) is 10.2 Å². The lowest BCUT2D eigenvalue weighted by molar-refractivity contribution is 0.169. The van der Waals surface area contributed by atoms with Gasteiger partial charge in [0.1, 0.15) is 6.10 Å². The molecule has 0 saturated heterocycles. The molecule has 1 aromatic rings. The fourth-order valence-corrected chi connectivity index (χ4v) is 1.49. The highest BCUT2D eigenvalue weighted by Crippen LogP contribution is 2.20. The topological polar surface area (TPSA) is 45.1 Å². The number of rotatable bonds is 4. The molecule has 0 bridgehead atoms. The van der Waals surface area contributed by atoms with Crippen LogP contribution in [-0.4, -0.2) is 22.7 Å². The summed E-state index contributed by atoms with van der Waals surface area (Å²) in [5.41, 5.74) is 0.723. The number of nitrogens with zero attached hydrogens (tertiary/aromatic N) is 1. The highest BCUT2D eigenvalue weighted by molar-refractivity contribution is 9.10. The summed E-state index contributed by atoms with van der Waals surface area (Å²) >= 11 is 3.31. The summed E-state index contributed by atoms with van der Waals surface area (Å²) in [6.07, 6.45) is 3.68. The van der Waals surface area contributed by atoms with Gasteiger partial charge in [-0.1, -0.05) is 0 Å². The minimum absolute atomic E-state index is 0.497. The van der Waals surface area contributed by atoms with Crippen molar-refractivity contribution in [1.82, 2.24) is 10.3 Å². The van der Waals surface area contributed by atoms with E-state index in [1.807, 2.05) is 12.1 Å². The van der Waals surface area contributed by atoms with E-state index in [1.54, 1.807) is 6.20 Å². The van der Waals surface area contributed by atoms with Gasteiger partial charge in [-0.05, 0) is 40.9 Å². The molecule has 4 heteroatoms. The van der Waals surface area contributed by atoms with Crippen LogP contribution in [-0.2, 0) is 0 Å². The summed E-state index contributed by atoms with van der Waals surface area (Å²) in [4.78, 5) is 4.14. The maximum Gasteiger partial charge on any atom is 0.108 e. The van der Waals surface area contributed by atoms with E-state index in [2.05, 4.69) is 26.2 Å². The fraction of sp³-hybridized carbons (Fsp3) is 0.500. The lowest BCUT2D eigenvalue weighted by Crippen LogP contribution is -2.23. The summed E-state index contributed by atoms with van der Waals surface area (Å²) in [6, 6.07) is 4.35. The zero-order chi connectivity index (χ0) is 9.97. The van der Waals surface area contributed by atoms with E-state index in [1.165, 1.54) is 12.8 Å². The Bertz CT molecular complexity index is 297. The first kappa shape index (κ1) is 10.1. The van der Waals surface area contributed by atoms with Gasteiger partial charge in [-0.2, -0.15) is 0 Å². The second-order valence-electron chi connectivity index (χ2n) is 3.60. The number of aliphatic hydroxyl groups excluding tert-OH is 1. The highest BCUT2D eigenvalue weighted by atomic mass is 79.9. The van der Waals surface area contributed by atoms with Crippen LogP contribution in [0.2, 0.25) is 0 Å². The number of aliphatic hydroxyl groups is 1. The predicted octanol–water partition coefficient (Wildman–Crippen LogP) is 1.63. The van der Waals surface area contributed by atoms with Crippen LogP contribution in [0, 0.1) is 0 Å².